The second-order valence-corrected chi connectivity index (χ2v) is 8.19. The second-order valence-electron chi connectivity index (χ2n) is 8.19. The number of nitrogens with one attached hydrogen (secondary N) is 1. The second kappa shape index (κ2) is 10.6. The first kappa shape index (κ1) is 26.1. The summed E-state index contributed by atoms with van der Waals surface area (Å²) >= 11 is 0. The summed E-state index contributed by atoms with van der Waals surface area (Å²) in [5.74, 6) is -3.55. The molecule has 4 rings (SSSR count). The Hall–Kier alpha value is -4.99. The highest BCUT2D eigenvalue weighted by atomic mass is 16.5. The molecule has 0 aliphatic carbocycles. The molecule has 0 fully saturated rings. The Balaban J connectivity index is 2.35. The van der Waals surface area contributed by atoms with Crippen molar-refractivity contribution in [2.24, 2.45) is 0 Å². The van der Waals surface area contributed by atoms with Crippen molar-refractivity contribution >= 4 is 35.1 Å². The number of methoxy groups -OCH3 is 4. The van der Waals surface area contributed by atoms with E-state index in [4.69, 9.17) is 18.9 Å². The van der Waals surface area contributed by atoms with Gasteiger partial charge in [-0.05, 0) is 18.6 Å². The fraction of sp³-hybridized carbons (Fsp3) is 0.179. The highest BCUT2D eigenvalue weighted by molar-refractivity contribution is 6.28. The molecule has 0 saturated heterocycles. The summed E-state index contributed by atoms with van der Waals surface area (Å²) in [6.07, 6.45) is 0. The lowest BCUT2D eigenvalue weighted by Crippen LogP contribution is -2.21. The molecule has 0 bridgehead atoms. The molecule has 1 aliphatic heterocycles. The summed E-state index contributed by atoms with van der Waals surface area (Å²) in [7, 11) is 4.64. The normalized spacial score (nSPS) is 11.8. The van der Waals surface area contributed by atoms with Gasteiger partial charge in [-0.25, -0.2) is 24.2 Å². The van der Waals surface area contributed by atoms with E-state index in [1.165, 1.54) is 7.11 Å². The lowest BCUT2D eigenvalue weighted by molar-refractivity contribution is -0.137. The van der Waals surface area contributed by atoms with E-state index in [1.54, 1.807) is 48.5 Å². The third-order valence-corrected chi connectivity index (χ3v) is 6.03. The van der Waals surface area contributed by atoms with Gasteiger partial charge in [0, 0.05) is 22.4 Å². The molecule has 3 aromatic rings. The van der Waals surface area contributed by atoms with Crippen molar-refractivity contribution in [3.05, 3.63) is 76.6 Å². The molecule has 10 heteroatoms. The maximum Gasteiger partial charge on any atom is 0.357 e. The van der Waals surface area contributed by atoms with Crippen LogP contribution >= 0.6 is 0 Å². The zero-order chi connectivity index (χ0) is 27.6. The van der Waals surface area contributed by atoms with Crippen LogP contribution in [0, 0.1) is 6.92 Å². The number of carbonyl (C=O) groups is 4. The van der Waals surface area contributed by atoms with Crippen molar-refractivity contribution < 1.29 is 38.1 Å². The number of fused-ring (bicyclic) bond motifs is 3. The number of hydrogen-bond acceptors (Lipinski definition) is 10. The number of esters is 4. The van der Waals surface area contributed by atoms with Crippen LogP contribution in [0.5, 0.6) is 0 Å². The van der Waals surface area contributed by atoms with Crippen molar-refractivity contribution in [3.8, 4) is 22.4 Å². The lowest BCUT2D eigenvalue weighted by atomic mass is 9.86. The molecule has 1 aromatic heterocycles. The number of pyridine rings is 1. The van der Waals surface area contributed by atoms with Gasteiger partial charge in [-0.15, -0.1) is 0 Å². The van der Waals surface area contributed by atoms with Crippen LogP contribution in [0.25, 0.3) is 28.0 Å². The van der Waals surface area contributed by atoms with Gasteiger partial charge in [0.05, 0.1) is 34.1 Å². The first-order valence-electron chi connectivity index (χ1n) is 11.4. The van der Waals surface area contributed by atoms with Crippen LogP contribution < -0.4 is 5.32 Å². The van der Waals surface area contributed by atoms with Crippen LogP contribution in [0.3, 0.4) is 0 Å². The number of rotatable bonds is 5. The molecule has 0 amide bonds. The highest BCUT2D eigenvalue weighted by Crippen LogP contribution is 2.45. The maximum atomic E-state index is 13.4. The molecule has 10 nitrogen and oxygen atoms in total. The standard InChI is InChI=1S/C28H24N2O8/c1-14-10-12-15(13-11-14)18-19-21(26(32)36-3)23(27(33)37-4)29-17-9-7-6-8-16(17)22(19)30-24(28(34)38-5)20(18)25(31)35-2/h6-13,29H,1-5H3. The van der Waals surface area contributed by atoms with E-state index < -0.39 is 23.9 Å². The van der Waals surface area contributed by atoms with Crippen LogP contribution in [0.4, 0.5) is 5.69 Å². The average Bonchev–Trinajstić information content (AvgIpc) is 3.09. The predicted molar refractivity (Wildman–Crippen MR) is 137 cm³/mol. The maximum absolute atomic E-state index is 13.4. The van der Waals surface area contributed by atoms with Crippen LogP contribution in [0.15, 0.2) is 54.2 Å². The number of ether oxygens (including phenoxy) is 4. The minimum Gasteiger partial charge on any atom is -0.465 e. The van der Waals surface area contributed by atoms with Crippen molar-refractivity contribution in [2.45, 2.75) is 6.92 Å². The van der Waals surface area contributed by atoms with Gasteiger partial charge in [0.2, 0.25) is 0 Å². The molecule has 1 aliphatic rings. The number of aryl methyl sites for hydroxylation is 1. The number of para-hydroxylation sites is 1. The Bertz CT molecular complexity index is 1510. The number of hydrogen-bond donors (Lipinski definition) is 1. The Kier molecular flexibility index (Phi) is 7.24. The largest absolute Gasteiger partial charge is 0.465 e. The van der Waals surface area contributed by atoms with Gasteiger partial charge >= 0.3 is 23.9 Å². The molecule has 0 atom stereocenters. The quantitative estimate of drug-likeness (QED) is 0.395. The number of aromatic nitrogens is 1. The van der Waals surface area contributed by atoms with E-state index in [0.29, 0.717) is 16.8 Å². The molecule has 0 saturated carbocycles. The third kappa shape index (κ3) is 4.36. The van der Waals surface area contributed by atoms with Gasteiger partial charge in [0.1, 0.15) is 16.8 Å². The topological polar surface area (TPSA) is 130 Å². The number of nitrogens with zero attached hydrogens (tertiary/aromatic N) is 1. The molecule has 38 heavy (non-hydrogen) atoms. The zero-order valence-corrected chi connectivity index (χ0v) is 21.3. The van der Waals surface area contributed by atoms with E-state index >= 15 is 0 Å². The fourth-order valence-electron chi connectivity index (χ4n) is 4.26. The van der Waals surface area contributed by atoms with Crippen LogP contribution in [-0.4, -0.2) is 57.3 Å². The molecular weight excluding hydrogens is 492 g/mol. The van der Waals surface area contributed by atoms with E-state index in [2.05, 4.69) is 10.3 Å². The summed E-state index contributed by atoms with van der Waals surface area (Å²) in [4.78, 5) is 57.1. The Morgan fingerprint density at radius 3 is 1.92 bits per heavy atom. The van der Waals surface area contributed by atoms with Gasteiger partial charge in [-0.1, -0.05) is 48.0 Å². The summed E-state index contributed by atoms with van der Waals surface area (Å²) in [5, 5.41) is 2.97. The van der Waals surface area contributed by atoms with E-state index in [9.17, 15) is 19.2 Å². The van der Waals surface area contributed by atoms with Gasteiger partial charge in [-0.3, -0.25) is 0 Å². The van der Waals surface area contributed by atoms with Crippen molar-refractivity contribution in [3.63, 3.8) is 0 Å². The van der Waals surface area contributed by atoms with Gasteiger partial charge in [0.25, 0.3) is 0 Å². The lowest BCUT2D eigenvalue weighted by Gasteiger charge is -2.21. The predicted octanol–water partition coefficient (Wildman–Crippen LogP) is 3.78. The minimum atomic E-state index is -0.899. The molecule has 194 valence electrons. The molecule has 0 spiro atoms. The minimum absolute atomic E-state index is 0.0756. The zero-order valence-electron chi connectivity index (χ0n) is 21.3. The van der Waals surface area contributed by atoms with Gasteiger partial charge < -0.3 is 24.3 Å². The van der Waals surface area contributed by atoms with Gasteiger partial charge in [0.15, 0.2) is 5.69 Å². The summed E-state index contributed by atoms with van der Waals surface area (Å²) in [5.41, 5.74) is 1.51. The summed E-state index contributed by atoms with van der Waals surface area (Å²) in [6, 6.07) is 13.8. The third-order valence-electron chi connectivity index (χ3n) is 6.03. The number of benzene rings is 2. The average molecular weight is 517 g/mol. The SMILES string of the molecule is COC(=O)C1=C(C(=O)OC)c2c(nc(C(=O)OC)c(C(=O)OC)c2-c2ccc(C)cc2)-c2ccccc2N1. The van der Waals surface area contributed by atoms with Crippen LogP contribution in [0.2, 0.25) is 0 Å². The molecule has 2 heterocycles. The highest BCUT2D eigenvalue weighted by Gasteiger charge is 2.38. The van der Waals surface area contributed by atoms with Crippen LogP contribution in [-0.2, 0) is 28.5 Å². The number of anilines is 1. The molecule has 0 radical (unpaired) electrons. The van der Waals surface area contributed by atoms with E-state index in [1.807, 2.05) is 6.92 Å². The summed E-state index contributed by atoms with van der Waals surface area (Å²) < 4.78 is 20.1. The molecule has 0 unspecified atom stereocenters. The molecule has 1 N–H and O–H groups in total. The van der Waals surface area contributed by atoms with Crippen molar-refractivity contribution in [1.82, 2.24) is 4.98 Å². The van der Waals surface area contributed by atoms with E-state index in [0.717, 1.165) is 26.9 Å². The first-order valence-corrected chi connectivity index (χ1v) is 11.4. The smallest absolute Gasteiger partial charge is 0.357 e. The fourth-order valence-corrected chi connectivity index (χ4v) is 4.26. The summed E-state index contributed by atoms with van der Waals surface area (Å²) in [6.45, 7) is 1.88. The Morgan fingerprint density at radius 1 is 0.711 bits per heavy atom. The molecule has 2 aromatic carbocycles. The monoisotopic (exact) mass is 516 g/mol. The van der Waals surface area contributed by atoms with E-state index in [-0.39, 0.29) is 39.3 Å². The first-order chi connectivity index (χ1) is 18.3. The van der Waals surface area contributed by atoms with Crippen molar-refractivity contribution in [1.29, 1.82) is 0 Å². The Labute approximate surface area is 218 Å². The van der Waals surface area contributed by atoms with Crippen molar-refractivity contribution in [2.75, 3.05) is 33.8 Å². The molecular formula is C28H24N2O8. The Morgan fingerprint density at radius 2 is 1.32 bits per heavy atom. The van der Waals surface area contributed by atoms with Crippen LogP contribution in [0.1, 0.15) is 32.0 Å². The van der Waals surface area contributed by atoms with Gasteiger partial charge in [-0.2, -0.15) is 0 Å². The number of carbonyl (C=O) groups excluding carboxylic acids is 4.